The number of anilines is 1. The van der Waals surface area contributed by atoms with Gasteiger partial charge in [-0.05, 0) is 41.4 Å². The third-order valence-corrected chi connectivity index (χ3v) is 5.57. The quantitative estimate of drug-likeness (QED) is 0.519. The van der Waals surface area contributed by atoms with E-state index in [2.05, 4.69) is 54.3 Å². The van der Waals surface area contributed by atoms with E-state index in [0.717, 1.165) is 54.6 Å². The summed E-state index contributed by atoms with van der Waals surface area (Å²) in [4.78, 5) is 16.3. The zero-order chi connectivity index (χ0) is 18.9. The molecule has 1 aliphatic heterocycles. The van der Waals surface area contributed by atoms with Crippen LogP contribution in [0.15, 0.2) is 53.5 Å². The Morgan fingerprint density at radius 2 is 2.04 bits per heavy atom. The van der Waals surface area contributed by atoms with Gasteiger partial charge in [0, 0.05) is 44.4 Å². The van der Waals surface area contributed by atoms with Gasteiger partial charge >= 0.3 is 0 Å². The number of benzene rings is 1. The van der Waals surface area contributed by atoms with Gasteiger partial charge in [0.1, 0.15) is 12.1 Å². The van der Waals surface area contributed by atoms with Crippen LogP contribution in [0.3, 0.4) is 0 Å². The maximum atomic E-state index is 5.62. The second kappa shape index (κ2) is 7.12. The Bertz CT molecular complexity index is 1130. The Hall–Kier alpha value is -3.13. The summed E-state index contributed by atoms with van der Waals surface area (Å²) in [6, 6.07) is 10.4. The highest BCUT2D eigenvalue weighted by molar-refractivity contribution is 7.80. The summed E-state index contributed by atoms with van der Waals surface area (Å²) in [6.07, 6.45) is 5.17. The first-order chi connectivity index (χ1) is 13.8. The number of hydrogen-bond donors (Lipinski definition) is 2. The number of nitrogens with zero attached hydrogens (tertiary/aromatic N) is 4. The van der Waals surface area contributed by atoms with Crippen molar-refractivity contribution in [3.8, 4) is 0 Å². The highest BCUT2D eigenvalue weighted by atomic mass is 32.1. The van der Waals surface area contributed by atoms with Crippen LogP contribution in [0.5, 0.6) is 0 Å². The van der Waals surface area contributed by atoms with Crippen molar-refractivity contribution < 1.29 is 4.42 Å². The molecule has 1 fully saturated rings. The molecule has 0 aliphatic carbocycles. The minimum Gasteiger partial charge on any atom is -0.446 e. The maximum absolute atomic E-state index is 5.62. The van der Waals surface area contributed by atoms with Gasteiger partial charge in [-0.2, -0.15) is 0 Å². The average Bonchev–Trinajstić information content (AvgIpc) is 3.40. The van der Waals surface area contributed by atoms with E-state index in [1.165, 1.54) is 10.9 Å². The summed E-state index contributed by atoms with van der Waals surface area (Å²) in [5.74, 6) is 0.927. The smallest absolute Gasteiger partial charge is 0.231 e. The molecule has 3 aromatic heterocycles. The van der Waals surface area contributed by atoms with E-state index in [1.54, 1.807) is 12.6 Å². The molecule has 7 nitrogen and oxygen atoms in total. The Morgan fingerprint density at radius 1 is 1.14 bits per heavy atom. The van der Waals surface area contributed by atoms with E-state index in [0.29, 0.717) is 5.71 Å². The number of aromatic nitrogens is 3. The zero-order valence-electron chi connectivity index (χ0n) is 15.3. The van der Waals surface area contributed by atoms with Crippen LogP contribution in [-0.2, 0) is 6.54 Å². The Kier molecular flexibility index (Phi) is 4.32. The van der Waals surface area contributed by atoms with Crippen LogP contribution in [0.1, 0.15) is 5.56 Å². The Morgan fingerprint density at radius 3 is 2.93 bits per heavy atom. The number of hydrogen-bond acceptors (Lipinski definition) is 5. The molecule has 4 heterocycles. The monoisotopic (exact) mass is 392 g/mol. The molecule has 0 atom stereocenters. The van der Waals surface area contributed by atoms with Crippen LogP contribution in [0.25, 0.3) is 22.0 Å². The Balaban J connectivity index is 1.19. The van der Waals surface area contributed by atoms with Gasteiger partial charge in [0.2, 0.25) is 5.71 Å². The van der Waals surface area contributed by atoms with Gasteiger partial charge in [-0.1, -0.05) is 12.1 Å². The number of furan rings is 1. The second-order valence-corrected chi connectivity index (χ2v) is 7.26. The number of piperazine rings is 1. The fourth-order valence-electron chi connectivity index (χ4n) is 3.64. The first kappa shape index (κ1) is 17.0. The molecule has 5 rings (SSSR count). The van der Waals surface area contributed by atoms with Gasteiger partial charge in [-0.15, -0.1) is 0 Å². The first-order valence-electron chi connectivity index (χ1n) is 9.30. The predicted molar refractivity (Wildman–Crippen MR) is 113 cm³/mol. The molecule has 1 aromatic carbocycles. The fraction of sp³-hybridized carbons (Fsp3) is 0.250. The molecule has 142 valence electrons. The molecule has 1 aliphatic rings. The second-order valence-electron chi connectivity index (χ2n) is 6.87. The standard InChI is InChI=1S/C20H20N6OS/c28-20(22-12-14-1-2-15-3-5-21-17(15)11-14)26-8-6-25(7-9-26)18-16-4-10-27-19(16)24-13-23-18/h1-5,10-11,13,21H,6-9,12H2,(H,22,28). The summed E-state index contributed by atoms with van der Waals surface area (Å²) in [5, 5.41) is 6.36. The number of rotatable bonds is 3. The van der Waals surface area contributed by atoms with Crippen LogP contribution in [0.4, 0.5) is 5.82 Å². The summed E-state index contributed by atoms with van der Waals surface area (Å²) >= 11 is 5.62. The number of fused-ring (bicyclic) bond motifs is 2. The van der Waals surface area contributed by atoms with Crippen molar-refractivity contribution in [2.45, 2.75) is 6.54 Å². The van der Waals surface area contributed by atoms with Crippen LogP contribution < -0.4 is 10.2 Å². The molecule has 0 bridgehead atoms. The number of thiocarbonyl (C=S) groups is 1. The highest BCUT2D eigenvalue weighted by Crippen LogP contribution is 2.24. The minimum atomic E-state index is 0.628. The molecular formula is C20H20N6OS. The number of aromatic amines is 1. The summed E-state index contributed by atoms with van der Waals surface area (Å²) in [5.41, 5.74) is 2.98. The molecular weight excluding hydrogens is 372 g/mol. The molecule has 0 spiro atoms. The van der Waals surface area contributed by atoms with Gasteiger partial charge in [-0.3, -0.25) is 0 Å². The lowest BCUT2D eigenvalue weighted by atomic mass is 10.1. The highest BCUT2D eigenvalue weighted by Gasteiger charge is 2.22. The lowest BCUT2D eigenvalue weighted by Crippen LogP contribution is -2.51. The lowest BCUT2D eigenvalue weighted by Gasteiger charge is -2.36. The third-order valence-electron chi connectivity index (χ3n) is 5.17. The molecule has 0 unspecified atom stereocenters. The number of nitrogens with one attached hydrogen (secondary N) is 2. The predicted octanol–water partition coefficient (Wildman–Crippen LogP) is 2.90. The van der Waals surface area contributed by atoms with Crippen molar-refractivity contribution in [2.75, 3.05) is 31.1 Å². The van der Waals surface area contributed by atoms with Gasteiger partial charge < -0.3 is 24.5 Å². The van der Waals surface area contributed by atoms with Crippen molar-refractivity contribution in [1.82, 2.24) is 25.2 Å². The molecule has 0 amide bonds. The van der Waals surface area contributed by atoms with Gasteiger partial charge in [0.25, 0.3) is 0 Å². The van der Waals surface area contributed by atoms with Crippen LogP contribution >= 0.6 is 12.2 Å². The normalized spacial score (nSPS) is 14.7. The van der Waals surface area contributed by atoms with Crippen LogP contribution in [0, 0.1) is 0 Å². The van der Waals surface area contributed by atoms with E-state index in [9.17, 15) is 0 Å². The van der Waals surface area contributed by atoms with Crippen molar-refractivity contribution in [2.24, 2.45) is 0 Å². The molecule has 1 saturated heterocycles. The van der Waals surface area contributed by atoms with Gasteiger partial charge in [0.05, 0.1) is 11.6 Å². The molecule has 28 heavy (non-hydrogen) atoms. The first-order valence-corrected chi connectivity index (χ1v) is 9.71. The Labute approximate surface area is 167 Å². The SMILES string of the molecule is S=C(NCc1ccc2cc[nH]c2c1)N1CCN(c2ncnc3occc23)CC1. The lowest BCUT2D eigenvalue weighted by molar-refractivity contribution is 0.379. The van der Waals surface area contributed by atoms with Crippen molar-refractivity contribution in [1.29, 1.82) is 0 Å². The van der Waals surface area contributed by atoms with E-state index in [-0.39, 0.29) is 0 Å². The minimum absolute atomic E-state index is 0.628. The third kappa shape index (κ3) is 3.16. The molecule has 0 radical (unpaired) electrons. The van der Waals surface area contributed by atoms with Gasteiger partial charge in [-0.25, -0.2) is 9.97 Å². The zero-order valence-corrected chi connectivity index (χ0v) is 16.1. The summed E-state index contributed by atoms with van der Waals surface area (Å²) in [7, 11) is 0. The summed E-state index contributed by atoms with van der Waals surface area (Å²) < 4.78 is 5.38. The molecule has 8 heteroatoms. The fourth-order valence-corrected chi connectivity index (χ4v) is 3.90. The molecule has 2 N–H and O–H groups in total. The average molecular weight is 392 g/mol. The van der Waals surface area contributed by atoms with Gasteiger partial charge in [0.15, 0.2) is 5.11 Å². The van der Waals surface area contributed by atoms with E-state index < -0.39 is 0 Å². The number of H-pyrrole nitrogens is 1. The van der Waals surface area contributed by atoms with E-state index in [4.69, 9.17) is 16.6 Å². The molecule has 4 aromatic rings. The maximum Gasteiger partial charge on any atom is 0.231 e. The van der Waals surface area contributed by atoms with Crippen LogP contribution in [0.2, 0.25) is 0 Å². The topological polar surface area (TPSA) is 73.2 Å². The van der Waals surface area contributed by atoms with Crippen LogP contribution in [-0.4, -0.2) is 51.1 Å². The molecule has 0 saturated carbocycles. The van der Waals surface area contributed by atoms with Crippen molar-refractivity contribution >= 4 is 45.2 Å². The van der Waals surface area contributed by atoms with E-state index >= 15 is 0 Å². The largest absolute Gasteiger partial charge is 0.446 e. The van der Waals surface area contributed by atoms with Crippen molar-refractivity contribution in [3.63, 3.8) is 0 Å². The van der Waals surface area contributed by atoms with E-state index in [1.807, 2.05) is 12.3 Å². The van der Waals surface area contributed by atoms with Crippen molar-refractivity contribution in [3.05, 3.63) is 54.7 Å². The summed E-state index contributed by atoms with van der Waals surface area (Å²) in [6.45, 7) is 4.13.